The summed E-state index contributed by atoms with van der Waals surface area (Å²) in [6.45, 7) is -0.364. The summed E-state index contributed by atoms with van der Waals surface area (Å²) in [5, 5.41) is 2.27. The van der Waals surface area contributed by atoms with E-state index in [0.29, 0.717) is 0 Å². The number of imidazole rings is 1. The van der Waals surface area contributed by atoms with Crippen LogP contribution in [-0.2, 0) is 25.4 Å². The number of aryl methyl sites for hydroxylation is 1. The molecule has 0 saturated heterocycles. The molecule has 0 aliphatic heterocycles. The van der Waals surface area contributed by atoms with Crippen LogP contribution in [0.5, 0.6) is 0 Å². The van der Waals surface area contributed by atoms with Gasteiger partial charge in [-0.1, -0.05) is 12.1 Å². The molecule has 0 aliphatic rings. The standard InChI is InChI=1S/C15H13ClFN5O3/c1-20-12-11(13(24)21(2)15(20)25)22(14(16)19-12)7-10(23)18-9-6-4-3-5-8(9)17/h3-6H,7H2,1-2H3,(H,18,23). The smallest absolute Gasteiger partial charge is 0.322 e. The molecule has 2 heterocycles. The summed E-state index contributed by atoms with van der Waals surface area (Å²) in [6.07, 6.45) is 0. The van der Waals surface area contributed by atoms with E-state index in [2.05, 4.69) is 10.3 Å². The highest BCUT2D eigenvalue weighted by molar-refractivity contribution is 6.29. The number of hydrogen-bond acceptors (Lipinski definition) is 4. The van der Waals surface area contributed by atoms with Crippen molar-refractivity contribution in [2.24, 2.45) is 14.1 Å². The van der Waals surface area contributed by atoms with Crippen molar-refractivity contribution in [1.82, 2.24) is 18.7 Å². The van der Waals surface area contributed by atoms with Gasteiger partial charge in [0.2, 0.25) is 11.2 Å². The van der Waals surface area contributed by atoms with Gasteiger partial charge < -0.3 is 5.32 Å². The summed E-state index contributed by atoms with van der Waals surface area (Å²) in [7, 11) is 2.76. The molecule has 0 atom stereocenters. The van der Waals surface area contributed by atoms with E-state index in [-0.39, 0.29) is 28.7 Å². The summed E-state index contributed by atoms with van der Waals surface area (Å²) >= 11 is 6.03. The van der Waals surface area contributed by atoms with Crippen LogP contribution in [0.3, 0.4) is 0 Å². The fourth-order valence-electron chi connectivity index (χ4n) is 2.46. The van der Waals surface area contributed by atoms with Crippen LogP contribution >= 0.6 is 11.6 Å². The monoisotopic (exact) mass is 365 g/mol. The zero-order chi connectivity index (χ0) is 18.3. The quantitative estimate of drug-likeness (QED) is 0.697. The van der Waals surface area contributed by atoms with E-state index in [1.54, 1.807) is 6.07 Å². The van der Waals surface area contributed by atoms with Crippen molar-refractivity contribution < 1.29 is 9.18 Å². The summed E-state index contributed by atoms with van der Waals surface area (Å²) in [6, 6.07) is 5.68. The molecule has 3 aromatic rings. The van der Waals surface area contributed by atoms with Gasteiger partial charge in [0.15, 0.2) is 11.2 Å². The number of anilines is 1. The van der Waals surface area contributed by atoms with E-state index < -0.39 is 23.0 Å². The van der Waals surface area contributed by atoms with Gasteiger partial charge in [-0.15, -0.1) is 0 Å². The maximum Gasteiger partial charge on any atom is 0.332 e. The van der Waals surface area contributed by atoms with E-state index in [0.717, 1.165) is 9.13 Å². The minimum absolute atomic E-state index is 0.00773. The van der Waals surface area contributed by atoms with Crippen LogP contribution in [0, 0.1) is 5.82 Å². The molecule has 130 valence electrons. The van der Waals surface area contributed by atoms with E-state index in [4.69, 9.17) is 11.6 Å². The van der Waals surface area contributed by atoms with Crippen LogP contribution in [0.25, 0.3) is 11.2 Å². The fraction of sp³-hybridized carbons (Fsp3) is 0.200. The Kier molecular flexibility index (Phi) is 4.17. The number of benzene rings is 1. The van der Waals surface area contributed by atoms with E-state index >= 15 is 0 Å². The first kappa shape index (κ1) is 16.9. The normalized spacial score (nSPS) is 11.0. The van der Waals surface area contributed by atoms with Gasteiger partial charge in [0.25, 0.3) is 5.56 Å². The molecule has 3 rings (SSSR count). The number of fused-ring (bicyclic) bond motifs is 1. The van der Waals surface area contributed by atoms with Gasteiger partial charge in [-0.05, 0) is 23.7 Å². The van der Waals surface area contributed by atoms with Crippen LogP contribution in [0.1, 0.15) is 0 Å². The Morgan fingerprint density at radius 3 is 2.60 bits per heavy atom. The van der Waals surface area contributed by atoms with E-state index in [9.17, 15) is 18.8 Å². The SMILES string of the molecule is Cn1c(=O)c2c(nc(Cl)n2CC(=O)Nc2ccccc2F)n(C)c1=O. The van der Waals surface area contributed by atoms with Crippen LogP contribution in [0.4, 0.5) is 10.1 Å². The molecule has 2 aromatic heterocycles. The molecular formula is C15H13ClFN5O3. The van der Waals surface area contributed by atoms with Gasteiger partial charge >= 0.3 is 5.69 Å². The third-order valence-electron chi connectivity index (χ3n) is 3.75. The average Bonchev–Trinajstić information content (AvgIpc) is 2.90. The van der Waals surface area contributed by atoms with Gasteiger partial charge in [-0.3, -0.25) is 23.3 Å². The molecule has 0 fully saturated rings. The van der Waals surface area contributed by atoms with Crippen LogP contribution in [0.2, 0.25) is 5.28 Å². The molecule has 25 heavy (non-hydrogen) atoms. The number of amides is 1. The van der Waals surface area contributed by atoms with Gasteiger partial charge in [0, 0.05) is 14.1 Å². The molecule has 0 unspecified atom stereocenters. The Hall–Kier alpha value is -2.94. The van der Waals surface area contributed by atoms with Gasteiger partial charge in [0.1, 0.15) is 12.4 Å². The van der Waals surface area contributed by atoms with E-state index in [1.165, 1.54) is 36.9 Å². The number of carbonyl (C=O) groups excluding carboxylic acids is 1. The number of para-hydroxylation sites is 1. The first-order valence-electron chi connectivity index (χ1n) is 7.17. The number of halogens is 2. The number of aromatic nitrogens is 4. The number of nitrogens with zero attached hydrogens (tertiary/aromatic N) is 4. The molecular weight excluding hydrogens is 353 g/mol. The van der Waals surface area contributed by atoms with Gasteiger partial charge in [-0.25, -0.2) is 9.18 Å². The lowest BCUT2D eigenvalue weighted by molar-refractivity contribution is -0.116. The molecule has 1 amide bonds. The number of carbonyl (C=O) groups is 1. The lowest BCUT2D eigenvalue weighted by Gasteiger charge is -2.09. The Morgan fingerprint density at radius 1 is 1.24 bits per heavy atom. The maximum atomic E-state index is 13.6. The second-order valence-electron chi connectivity index (χ2n) is 5.37. The van der Waals surface area contributed by atoms with Crippen molar-refractivity contribution in [3.63, 3.8) is 0 Å². The molecule has 0 spiro atoms. The van der Waals surface area contributed by atoms with Crippen LogP contribution in [-0.4, -0.2) is 24.6 Å². The molecule has 0 saturated carbocycles. The molecule has 0 radical (unpaired) electrons. The topological polar surface area (TPSA) is 90.9 Å². The number of hydrogen-bond donors (Lipinski definition) is 1. The van der Waals surface area contributed by atoms with Gasteiger partial charge in [-0.2, -0.15) is 4.98 Å². The van der Waals surface area contributed by atoms with Crippen molar-refractivity contribution in [2.45, 2.75) is 6.54 Å². The van der Waals surface area contributed by atoms with Crippen LogP contribution in [0.15, 0.2) is 33.9 Å². The van der Waals surface area contributed by atoms with Crippen molar-refractivity contribution in [2.75, 3.05) is 5.32 Å². The van der Waals surface area contributed by atoms with Crippen LogP contribution < -0.4 is 16.6 Å². The minimum atomic E-state index is -0.629. The Bertz CT molecular complexity index is 1110. The summed E-state index contributed by atoms with van der Waals surface area (Å²) < 4.78 is 16.9. The predicted octanol–water partition coefficient (Wildman–Crippen LogP) is 0.865. The second-order valence-corrected chi connectivity index (χ2v) is 5.71. The van der Waals surface area contributed by atoms with Crippen molar-refractivity contribution >= 4 is 34.4 Å². The fourth-order valence-corrected chi connectivity index (χ4v) is 2.68. The second kappa shape index (κ2) is 6.17. The van der Waals surface area contributed by atoms with Gasteiger partial charge in [0.05, 0.1) is 5.69 Å². The Morgan fingerprint density at radius 2 is 1.92 bits per heavy atom. The zero-order valence-corrected chi connectivity index (χ0v) is 14.0. The lowest BCUT2D eigenvalue weighted by atomic mass is 10.3. The molecule has 1 N–H and O–H groups in total. The zero-order valence-electron chi connectivity index (χ0n) is 13.3. The third-order valence-corrected chi connectivity index (χ3v) is 4.04. The Balaban J connectivity index is 2.04. The first-order chi connectivity index (χ1) is 11.8. The highest BCUT2D eigenvalue weighted by atomic mass is 35.5. The average molecular weight is 366 g/mol. The molecule has 0 bridgehead atoms. The highest BCUT2D eigenvalue weighted by Crippen LogP contribution is 2.17. The lowest BCUT2D eigenvalue weighted by Crippen LogP contribution is -2.37. The van der Waals surface area contributed by atoms with Crippen molar-refractivity contribution in [3.05, 3.63) is 56.2 Å². The minimum Gasteiger partial charge on any atom is -0.322 e. The molecule has 10 heteroatoms. The largest absolute Gasteiger partial charge is 0.332 e. The maximum absolute atomic E-state index is 13.6. The number of nitrogens with one attached hydrogen (secondary N) is 1. The summed E-state index contributed by atoms with van der Waals surface area (Å²) in [4.78, 5) is 40.5. The predicted molar refractivity (Wildman–Crippen MR) is 90.3 cm³/mol. The van der Waals surface area contributed by atoms with Crippen molar-refractivity contribution in [1.29, 1.82) is 0 Å². The molecule has 0 aliphatic carbocycles. The number of rotatable bonds is 3. The first-order valence-corrected chi connectivity index (χ1v) is 7.55. The summed E-state index contributed by atoms with van der Waals surface area (Å²) in [5.41, 5.74) is -1.10. The van der Waals surface area contributed by atoms with E-state index in [1.807, 2.05) is 0 Å². The molecule has 8 nitrogen and oxygen atoms in total. The third kappa shape index (κ3) is 2.82. The molecule has 1 aromatic carbocycles. The highest BCUT2D eigenvalue weighted by Gasteiger charge is 2.20. The summed E-state index contributed by atoms with van der Waals surface area (Å²) in [5.74, 6) is -1.18. The van der Waals surface area contributed by atoms with Crippen molar-refractivity contribution in [3.8, 4) is 0 Å². The Labute approximate surface area is 145 Å².